The summed E-state index contributed by atoms with van der Waals surface area (Å²) in [5, 5.41) is 5.53. The Bertz CT molecular complexity index is 975. The maximum atomic E-state index is 13.2. The molecular formula is C19H15FN4O2. The number of ketones is 1. The SMILES string of the molecule is CC(=O)c1cccc(NC(=O)c2ccnc(Nc3cccc(F)c3)n2)c1. The molecule has 130 valence electrons. The van der Waals surface area contributed by atoms with E-state index in [1.165, 1.54) is 31.3 Å². The second-order valence-corrected chi connectivity index (χ2v) is 5.49. The van der Waals surface area contributed by atoms with Crippen molar-refractivity contribution in [3.63, 3.8) is 0 Å². The van der Waals surface area contributed by atoms with Crippen molar-refractivity contribution in [2.45, 2.75) is 6.92 Å². The summed E-state index contributed by atoms with van der Waals surface area (Å²) in [5.74, 6) is -0.768. The van der Waals surface area contributed by atoms with Crippen LogP contribution in [0.5, 0.6) is 0 Å². The largest absolute Gasteiger partial charge is 0.324 e. The summed E-state index contributed by atoms with van der Waals surface area (Å²) in [7, 11) is 0. The van der Waals surface area contributed by atoms with Gasteiger partial charge in [0.2, 0.25) is 5.95 Å². The van der Waals surface area contributed by atoms with Gasteiger partial charge in [0.1, 0.15) is 11.5 Å². The summed E-state index contributed by atoms with van der Waals surface area (Å²) < 4.78 is 13.2. The number of Topliss-reactive ketones (excluding diaryl/α,β-unsaturated/α-hetero) is 1. The van der Waals surface area contributed by atoms with E-state index in [0.717, 1.165) is 0 Å². The Hall–Kier alpha value is -3.61. The third kappa shape index (κ3) is 4.27. The van der Waals surface area contributed by atoms with Gasteiger partial charge in [-0.15, -0.1) is 0 Å². The molecule has 6 nitrogen and oxygen atoms in total. The lowest BCUT2D eigenvalue weighted by Gasteiger charge is -2.08. The van der Waals surface area contributed by atoms with Gasteiger partial charge in [-0.2, -0.15) is 0 Å². The number of carbonyl (C=O) groups is 2. The van der Waals surface area contributed by atoms with Crippen LogP contribution >= 0.6 is 0 Å². The molecule has 0 unspecified atom stereocenters. The zero-order valence-electron chi connectivity index (χ0n) is 13.9. The quantitative estimate of drug-likeness (QED) is 0.684. The Balaban J connectivity index is 1.76. The lowest BCUT2D eigenvalue weighted by atomic mass is 10.1. The Labute approximate surface area is 149 Å². The highest BCUT2D eigenvalue weighted by Crippen LogP contribution is 2.15. The number of anilines is 3. The minimum atomic E-state index is -0.449. The molecular weight excluding hydrogens is 335 g/mol. The van der Waals surface area contributed by atoms with Crippen molar-refractivity contribution in [3.8, 4) is 0 Å². The Morgan fingerprint density at radius 2 is 1.77 bits per heavy atom. The second kappa shape index (κ2) is 7.52. The molecule has 0 bridgehead atoms. The average molecular weight is 350 g/mol. The van der Waals surface area contributed by atoms with E-state index >= 15 is 0 Å². The highest BCUT2D eigenvalue weighted by Gasteiger charge is 2.10. The summed E-state index contributed by atoms with van der Waals surface area (Å²) in [6.45, 7) is 1.45. The molecule has 2 N–H and O–H groups in total. The Kier molecular flexibility index (Phi) is 4.98. The van der Waals surface area contributed by atoms with Crippen LogP contribution in [-0.2, 0) is 0 Å². The second-order valence-electron chi connectivity index (χ2n) is 5.49. The lowest BCUT2D eigenvalue weighted by Crippen LogP contribution is -2.15. The standard InChI is InChI=1S/C19H15FN4O2/c1-12(25)13-4-2-6-15(10-13)22-18(26)17-8-9-21-19(24-17)23-16-7-3-5-14(20)11-16/h2-11H,1H3,(H,22,26)(H,21,23,24). The van der Waals surface area contributed by atoms with Crippen LogP contribution in [0.1, 0.15) is 27.8 Å². The summed E-state index contributed by atoms with van der Waals surface area (Å²) in [4.78, 5) is 32.0. The first-order valence-electron chi connectivity index (χ1n) is 7.79. The van der Waals surface area contributed by atoms with E-state index in [2.05, 4.69) is 20.6 Å². The van der Waals surface area contributed by atoms with Crippen LogP contribution in [0.4, 0.5) is 21.7 Å². The van der Waals surface area contributed by atoms with Gasteiger partial charge < -0.3 is 10.6 Å². The molecule has 0 spiro atoms. The average Bonchev–Trinajstić information content (AvgIpc) is 2.62. The lowest BCUT2D eigenvalue weighted by molar-refractivity contribution is 0.100. The van der Waals surface area contributed by atoms with Gasteiger partial charge in [0, 0.05) is 23.1 Å². The fourth-order valence-corrected chi connectivity index (χ4v) is 2.25. The number of benzene rings is 2. The first-order valence-corrected chi connectivity index (χ1v) is 7.79. The van der Waals surface area contributed by atoms with Crippen molar-refractivity contribution in [1.29, 1.82) is 0 Å². The van der Waals surface area contributed by atoms with E-state index in [9.17, 15) is 14.0 Å². The van der Waals surface area contributed by atoms with E-state index in [1.807, 2.05) is 0 Å². The number of amides is 1. The van der Waals surface area contributed by atoms with Crippen molar-refractivity contribution in [2.24, 2.45) is 0 Å². The van der Waals surface area contributed by atoms with Gasteiger partial charge in [0.15, 0.2) is 5.78 Å². The molecule has 0 aliphatic heterocycles. The number of halogens is 1. The predicted octanol–water partition coefficient (Wildman–Crippen LogP) is 3.81. The van der Waals surface area contributed by atoms with Crippen LogP contribution in [0.25, 0.3) is 0 Å². The van der Waals surface area contributed by atoms with Gasteiger partial charge >= 0.3 is 0 Å². The molecule has 3 rings (SSSR count). The maximum absolute atomic E-state index is 13.2. The number of hydrogen-bond donors (Lipinski definition) is 2. The molecule has 0 saturated carbocycles. The Morgan fingerprint density at radius 1 is 1.00 bits per heavy atom. The molecule has 0 aliphatic carbocycles. The first-order chi connectivity index (χ1) is 12.5. The molecule has 0 saturated heterocycles. The summed E-state index contributed by atoms with van der Waals surface area (Å²) >= 11 is 0. The highest BCUT2D eigenvalue weighted by molar-refractivity contribution is 6.04. The number of hydrogen-bond acceptors (Lipinski definition) is 5. The van der Waals surface area contributed by atoms with Crippen molar-refractivity contribution in [3.05, 3.63) is 77.9 Å². The van der Waals surface area contributed by atoms with E-state index in [0.29, 0.717) is 16.9 Å². The minimum Gasteiger partial charge on any atom is -0.324 e. The van der Waals surface area contributed by atoms with Gasteiger partial charge in [-0.25, -0.2) is 14.4 Å². The van der Waals surface area contributed by atoms with Crippen molar-refractivity contribution in [1.82, 2.24) is 9.97 Å². The van der Waals surface area contributed by atoms with Gasteiger partial charge in [0.25, 0.3) is 5.91 Å². The van der Waals surface area contributed by atoms with Gasteiger partial charge in [-0.3, -0.25) is 9.59 Å². The van der Waals surface area contributed by atoms with Gasteiger partial charge in [-0.05, 0) is 43.3 Å². The van der Waals surface area contributed by atoms with E-state index < -0.39 is 11.7 Å². The molecule has 0 radical (unpaired) electrons. The topological polar surface area (TPSA) is 84.0 Å². The molecule has 2 aromatic carbocycles. The molecule has 3 aromatic rings. The molecule has 1 heterocycles. The van der Waals surface area contributed by atoms with Gasteiger partial charge in [0.05, 0.1) is 0 Å². The first kappa shape index (κ1) is 17.2. The number of aromatic nitrogens is 2. The molecule has 0 aliphatic rings. The molecule has 1 aromatic heterocycles. The van der Waals surface area contributed by atoms with Crippen molar-refractivity contribution in [2.75, 3.05) is 10.6 Å². The van der Waals surface area contributed by atoms with E-state index in [1.54, 1.807) is 36.4 Å². The number of rotatable bonds is 5. The zero-order valence-corrected chi connectivity index (χ0v) is 13.9. The van der Waals surface area contributed by atoms with Crippen LogP contribution < -0.4 is 10.6 Å². The predicted molar refractivity (Wildman–Crippen MR) is 96.1 cm³/mol. The van der Waals surface area contributed by atoms with Crippen molar-refractivity contribution >= 4 is 29.0 Å². The van der Waals surface area contributed by atoms with Crippen LogP contribution in [0, 0.1) is 5.82 Å². The van der Waals surface area contributed by atoms with Gasteiger partial charge in [-0.1, -0.05) is 18.2 Å². The zero-order chi connectivity index (χ0) is 18.5. The summed E-state index contributed by atoms with van der Waals surface area (Å²) in [6.07, 6.45) is 1.43. The fraction of sp³-hybridized carbons (Fsp3) is 0.0526. The van der Waals surface area contributed by atoms with Crippen molar-refractivity contribution < 1.29 is 14.0 Å². The molecule has 0 fully saturated rings. The Morgan fingerprint density at radius 3 is 2.54 bits per heavy atom. The maximum Gasteiger partial charge on any atom is 0.274 e. The summed E-state index contributed by atoms with van der Waals surface area (Å²) in [6, 6.07) is 13.9. The fourth-order valence-electron chi connectivity index (χ4n) is 2.25. The smallest absolute Gasteiger partial charge is 0.274 e. The highest BCUT2D eigenvalue weighted by atomic mass is 19.1. The third-order valence-electron chi connectivity index (χ3n) is 3.50. The number of nitrogens with zero attached hydrogens (tertiary/aromatic N) is 2. The van der Waals surface area contributed by atoms with Crippen LogP contribution in [-0.4, -0.2) is 21.7 Å². The molecule has 26 heavy (non-hydrogen) atoms. The molecule has 7 heteroatoms. The normalized spacial score (nSPS) is 10.2. The monoisotopic (exact) mass is 350 g/mol. The third-order valence-corrected chi connectivity index (χ3v) is 3.50. The van der Waals surface area contributed by atoms with Crippen LogP contribution in [0.15, 0.2) is 60.8 Å². The van der Waals surface area contributed by atoms with Crippen LogP contribution in [0.2, 0.25) is 0 Å². The summed E-state index contributed by atoms with van der Waals surface area (Å²) in [5.41, 5.74) is 1.59. The number of nitrogens with one attached hydrogen (secondary N) is 2. The van der Waals surface area contributed by atoms with E-state index in [4.69, 9.17) is 0 Å². The molecule has 0 atom stereocenters. The number of carbonyl (C=O) groups excluding carboxylic acids is 2. The minimum absolute atomic E-state index is 0.0929. The van der Waals surface area contributed by atoms with E-state index in [-0.39, 0.29) is 17.4 Å². The van der Waals surface area contributed by atoms with Crippen LogP contribution in [0.3, 0.4) is 0 Å². The molecule has 1 amide bonds.